The van der Waals surface area contributed by atoms with E-state index in [2.05, 4.69) is 26.8 Å². The minimum absolute atomic E-state index is 0.200. The van der Waals surface area contributed by atoms with Crippen LogP contribution in [0.5, 0.6) is 0 Å². The van der Waals surface area contributed by atoms with Crippen LogP contribution in [-0.2, 0) is 9.53 Å². The molecule has 2 nitrogen and oxygen atoms in total. The van der Waals surface area contributed by atoms with Crippen molar-refractivity contribution in [2.24, 2.45) is 11.8 Å². The molecule has 0 aromatic rings. The first kappa shape index (κ1) is 18.0. The van der Waals surface area contributed by atoms with E-state index in [1.165, 1.54) is 37.7 Å². The summed E-state index contributed by atoms with van der Waals surface area (Å²) in [6.45, 7) is 9.22. The summed E-state index contributed by atoms with van der Waals surface area (Å²) in [4.78, 5) is 11.5. The van der Waals surface area contributed by atoms with E-state index < -0.39 is 0 Å². The van der Waals surface area contributed by atoms with Crippen LogP contribution in [0.2, 0.25) is 0 Å². The monoisotopic (exact) mass is 292 g/mol. The molecule has 21 heavy (non-hydrogen) atoms. The summed E-state index contributed by atoms with van der Waals surface area (Å²) >= 11 is 0. The summed E-state index contributed by atoms with van der Waals surface area (Å²) in [5.74, 6) is 1.44. The zero-order valence-corrected chi connectivity index (χ0v) is 14.3. The highest BCUT2D eigenvalue weighted by atomic mass is 16.5. The molecule has 0 amide bonds. The maximum absolute atomic E-state index is 11.5. The van der Waals surface area contributed by atoms with E-state index in [4.69, 9.17) is 4.74 Å². The van der Waals surface area contributed by atoms with E-state index in [0.717, 1.165) is 30.3 Å². The molecule has 2 heteroatoms. The summed E-state index contributed by atoms with van der Waals surface area (Å²) < 4.78 is 4.97. The Balaban J connectivity index is 2.48. The molecule has 0 aromatic carbocycles. The van der Waals surface area contributed by atoms with E-state index in [-0.39, 0.29) is 5.97 Å². The topological polar surface area (TPSA) is 26.3 Å². The van der Waals surface area contributed by atoms with Crippen molar-refractivity contribution in [1.82, 2.24) is 0 Å². The minimum Gasteiger partial charge on any atom is -0.463 e. The molecule has 0 aromatic heterocycles. The Hall–Kier alpha value is -1.05. The zero-order chi connectivity index (χ0) is 15.7. The Kier molecular flexibility index (Phi) is 8.41. The summed E-state index contributed by atoms with van der Waals surface area (Å²) in [6, 6.07) is 0. The van der Waals surface area contributed by atoms with Gasteiger partial charge in [-0.15, -0.1) is 0 Å². The minimum atomic E-state index is -0.200. The lowest BCUT2D eigenvalue weighted by Crippen LogP contribution is -2.03. The molecule has 1 aliphatic carbocycles. The fraction of sp³-hybridized carbons (Fsp3) is 0.737. The third kappa shape index (κ3) is 6.97. The first-order valence-electron chi connectivity index (χ1n) is 8.65. The van der Waals surface area contributed by atoms with Gasteiger partial charge in [-0.25, -0.2) is 4.79 Å². The standard InChI is InChI=1S/C19H32O2/c1-5-15(4)8-9-16(6-2)12-17-10-11-18(13-17)14-19(20)21-7-3/h13-16H,5-12H2,1-4H3/b18-14+. The van der Waals surface area contributed by atoms with Crippen LogP contribution < -0.4 is 0 Å². The Morgan fingerprint density at radius 1 is 1.24 bits per heavy atom. The summed E-state index contributed by atoms with van der Waals surface area (Å²) in [7, 11) is 0. The molecule has 0 saturated carbocycles. The molecule has 0 fully saturated rings. The SMILES string of the molecule is CCOC(=O)/C=C1/C=C(CC(CC)CCC(C)CC)CC1. The number of hydrogen-bond acceptors (Lipinski definition) is 2. The van der Waals surface area contributed by atoms with Crippen LogP contribution in [0.3, 0.4) is 0 Å². The lowest BCUT2D eigenvalue weighted by atomic mass is 9.89. The Morgan fingerprint density at radius 2 is 2.00 bits per heavy atom. The van der Waals surface area contributed by atoms with Crippen LogP contribution in [0.25, 0.3) is 0 Å². The van der Waals surface area contributed by atoms with Gasteiger partial charge in [-0.3, -0.25) is 0 Å². The highest BCUT2D eigenvalue weighted by Gasteiger charge is 2.16. The average Bonchev–Trinajstić information content (AvgIpc) is 2.90. The Morgan fingerprint density at radius 3 is 2.62 bits per heavy atom. The molecule has 0 bridgehead atoms. The van der Waals surface area contributed by atoms with E-state index >= 15 is 0 Å². The van der Waals surface area contributed by atoms with Crippen LogP contribution >= 0.6 is 0 Å². The van der Waals surface area contributed by atoms with Gasteiger partial charge in [0.2, 0.25) is 0 Å². The quantitative estimate of drug-likeness (QED) is 0.418. The third-order valence-corrected chi connectivity index (χ3v) is 4.61. The molecule has 1 aliphatic rings. The highest BCUT2D eigenvalue weighted by molar-refractivity contribution is 5.83. The van der Waals surface area contributed by atoms with Crippen molar-refractivity contribution in [3.8, 4) is 0 Å². The molecule has 0 radical (unpaired) electrons. The molecule has 0 N–H and O–H groups in total. The second-order valence-electron chi connectivity index (χ2n) is 6.34. The van der Waals surface area contributed by atoms with Gasteiger partial charge in [0.15, 0.2) is 0 Å². The number of esters is 1. The van der Waals surface area contributed by atoms with Crippen LogP contribution in [0.4, 0.5) is 0 Å². The number of hydrogen-bond donors (Lipinski definition) is 0. The van der Waals surface area contributed by atoms with E-state index in [9.17, 15) is 4.79 Å². The number of ether oxygens (including phenoxy) is 1. The molecule has 0 heterocycles. The molecular weight excluding hydrogens is 260 g/mol. The maximum Gasteiger partial charge on any atom is 0.331 e. The molecule has 2 unspecified atom stereocenters. The fourth-order valence-corrected chi connectivity index (χ4v) is 2.87. The van der Waals surface area contributed by atoms with Gasteiger partial charge >= 0.3 is 5.97 Å². The predicted molar refractivity (Wildman–Crippen MR) is 89.1 cm³/mol. The molecule has 1 rings (SSSR count). The van der Waals surface area contributed by atoms with E-state index in [1.807, 2.05) is 6.92 Å². The third-order valence-electron chi connectivity index (χ3n) is 4.61. The molecule has 2 atom stereocenters. The first-order valence-corrected chi connectivity index (χ1v) is 8.65. The number of carbonyl (C=O) groups is 1. The maximum atomic E-state index is 11.5. The van der Waals surface area contributed by atoms with Crippen LogP contribution in [0, 0.1) is 11.8 Å². The van der Waals surface area contributed by atoms with Crippen LogP contribution in [0.1, 0.15) is 72.6 Å². The van der Waals surface area contributed by atoms with Gasteiger partial charge < -0.3 is 4.74 Å². The van der Waals surface area contributed by atoms with Crippen molar-refractivity contribution >= 4 is 5.97 Å². The predicted octanol–water partition coefficient (Wildman–Crippen LogP) is 5.44. The van der Waals surface area contributed by atoms with Crippen molar-refractivity contribution < 1.29 is 9.53 Å². The zero-order valence-electron chi connectivity index (χ0n) is 14.3. The largest absolute Gasteiger partial charge is 0.463 e. The van der Waals surface area contributed by atoms with E-state index in [1.54, 1.807) is 6.08 Å². The smallest absolute Gasteiger partial charge is 0.331 e. The molecular formula is C19H32O2. The number of rotatable bonds is 9. The van der Waals surface area contributed by atoms with Gasteiger partial charge in [-0.2, -0.15) is 0 Å². The van der Waals surface area contributed by atoms with Gasteiger partial charge in [0.25, 0.3) is 0 Å². The van der Waals surface area contributed by atoms with Gasteiger partial charge in [-0.05, 0) is 50.0 Å². The van der Waals surface area contributed by atoms with Crippen LogP contribution in [-0.4, -0.2) is 12.6 Å². The van der Waals surface area contributed by atoms with Gasteiger partial charge in [0, 0.05) is 6.08 Å². The highest BCUT2D eigenvalue weighted by Crippen LogP contribution is 2.31. The number of carbonyl (C=O) groups excluding carboxylic acids is 1. The lowest BCUT2D eigenvalue weighted by molar-refractivity contribution is -0.137. The lowest BCUT2D eigenvalue weighted by Gasteiger charge is -2.17. The summed E-state index contributed by atoms with van der Waals surface area (Å²) in [5.41, 5.74) is 2.65. The molecule has 0 aliphatic heterocycles. The van der Waals surface area contributed by atoms with Crippen molar-refractivity contribution in [3.63, 3.8) is 0 Å². The number of allylic oxidation sites excluding steroid dienone is 3. The van der Waals surface area contributed by atoms with Crippen molar-refractivity contribution in [2.75, 3.05) is 6.61 Å². The second kappa shape index (κ2) is 9.81. The van der Waals surface area contributed by atoms with Gasteiger partial charge in [-0.1, -0.05) is 51.7 Å². The summed E-state index contributed by atoms with van der Waals surface area (Å²) in [5, 5.41) is 0. The van der Waals surface area contributed by atoms with E-state index in [0.29, 0.717) is 6.61 Å². The average molecular weight is 292 g/mol. The van der Waals surface area contributed by atoms with Crippen LogP contribution in [0.15, 0.2) is 23.3 Å². The molecule has 0 saturated heterocycles. The second-order valence-corrected chi connectivity index (χ2v) is 6.34. The van der Waals surface area contributed by atoms with Gasteiger partial charge in [0.1, 0.15) is 0 Å². The Bertz CT molecular complexity index is 379. The normalized spacial score (nSPS) is 19.4. The van der Waals surface area contributed by atoms with Crippen molar-refractivity contribution in [2.45, 2.75) is 72.6 Å². The summed E-state index contributed by atoms with van der Waals surface area (Å²) in [6.07, 6.45) is 12.4. The molecule has 120 valence electrons. The van der Waals surface area contributed by atoms with Gasteiger partial charge in [0.05, 0.1) is 6.61 Å². The van der Waals surface area contributed by atoms with Crippen molar-refractivity contribution in [1.29, 1.82) is 0 Å². The first-order chi connectivity index (χ1) is 10.1. The fourth-order valence-electron chi connectivity index (χ4n) is 2.87. The molecule has 0 spiro atoms. The Labute approximate surface area is 130 Å². The van der Waals surface area contributed by atoms with Crippen molar-refractivity contribution in [3.05, 3.63) is 23.3 Å².